The zero-order chi connectivity index (χ0) is 18.2. The van der Waals surface area contributed by atoms with E-state index in [-0.39, 0.29) is 24.0 Å². The van der Waals surface area contributed by atoms with E-state index in [1.54, 1.807) is 0 Å². The summed E-state index contributed by atoms with van der Waals surface area (Å²) in [5.41, 5.74) is 0.983. The molecular weight excluding hydrogens is 441 g/mol. The molecule has 1 aromatic heterocycles. The lowest BCUT2D eigenvalue weighted by Gasteiger charge is -2.35. The molecule has 2 N–H and O–H groups in total. The molecule has 1 aromatic rings. The number of aliphatic imine (C=N–C) groups is 1. The first-order valence-electron chi connectivity index (χ1n) is 9.71. The molecule has 26 heavy (non-hydrogen) atoms. The van der Waals surface area contributed by atoms with Gasteiger partial charge < -0.3 is 15.2 Å². The van der Waals surface area contributed by atoms with Gasteiger partial charge in [-0.05, 0) is 51.6 Å². The Balaban J connectivity index is 0.00000338. The average Bonchev–Trinajstić information content (AvgIpc) is 3.07. The number of nitrogens with one attached hydrogen (secondary N) is 2. The first-order valence-corrected chi connectivity index (χ1v) is 9.71. The molecule has 6 nitrogen and oxygen atoms in total. The SMILES string of the molecule is CCNC(=NCc1cc(C(C)C)no1)NCC(C)N1CCC(C)CC1.I. The van der Waals surface area contributed by atoms with Gasteiger partial charge in [-0.2, -0.15) is 0 Å². The van der Waals surface area contributed by atoms with Gasteiger partial charge in [-0.1, -0.05) is 25.9 Å². The lowest BCUT2D eigenvalue weighted by Crippen LogP contribution is -2.48. The van der Waals surface area contributed by atoms with Gasteiger partial charge in [-0.3, -0.25) is 4.90 Å². The minimum absolute atomic E-state index is 0. The predicted molar refractivity (Wildman–Crippen MR) is 118 cm³/mol. The number of halogens is 1. The van der Waals surface area contributed by atoms with Crippen molar-refractivity contribution in [2.75, 3.05) is 26.2 Å². The van der Waals surface area contributed by atoms with Crippen LogP contribution in [0.2, 0.25) is 0 Å². The molecule has 0 saturated carbocycles. The first-order chi connectivity index (χ1) is 12.0. The molecule has 150 valence electrons. The third-order valence-electron chi connectivity index (χ3n) is 4.91. The molecule has 1 aliphatic rings. The van der Waals surface area contributed by atoms with Gasteiger partial charge >= 0.3 is 0 Å². The zero-order valence-corrected chi connectivity index (χ0v) is 19.2. The third kappa shape index (κ3) is 7.42. The maximum atomic E-state index is 5.36. The Labute approximate surface area is 175 Å². The monoisotopic (exact) mass is 477 g/mol. The van der Waals surface area contributed by atoms with Crippen LogP contribution >= 0.6 is 24.0 Å². The van der Waals surface area contributed by atoms with Crippen LogP contribution in [-0.4, -0.2) is 48.2 Å². The fraction of sp³-hybridized carbons (Fsp3) is 0.789. The van der Waals surface area contributed by atoms with Gasteiger partial charge in [0.15, 0.2) is 11.7 Å². The van der Waals surface area contributed by atoms with E-state index in [1.165, 1.54) is 25.9 Å². The summed E-state index contributed by atoms with van der Waals surface area (Å²) in [7, 11) is 0. The summed E-state index contributed by atoms with van der Waals surface area (Å²) >= 11 is 0. The summed E-state index contributed by atoms with van der Waals surface area (Å²) in [4.78, 5) is 7.20. The minimum atomic E-state index is 0. The second-order valence-corrected chi connectivity index (χ2v) is 7.52. The first kappa shape index (κ1) is 23.2. The summed E-state index contributed by atoms with van der Waals surface area (Å²) < 4.78 is 5.36. The van der Waals surface area contributed by atoms with E-state index in [9.17, 15) is 0 Å². The van der Waals surface area contributed by atoms with Crippen molar-refractivity contribution in [2.45, 2.75) is 66.0 Å². The van der Waals surface area contributed by atoms with Crippen molar-refractivity contribution in [2.24, 2.45) is 10.9 Å². The molecule has 1 unspecified atom stereocenters. The van der Waals surface area contributed by atoms with Crippen LogP contribution in [0.25, 0.3) is 0 Å². The van der Waals surface area contributed by atoms with E-state index >= 15 is 0 Å². The fourth-order valence-electron chi connectivity index (χ4n) is 3.02. The minimum Gasteiger partial charge on any atom is -0.359 e. The van der Waals surface area contributed by atoms with Gasteiger partial charge in [-0.25, -0.2) is 4.99 Å². The van der Waals surface area contributed by atoms with Crippen LogP contribution in [-0.2, 0) is 6.54 Å². The number of hydrogen-bond donors (Lipinski definition) is 2. The number of aromatic nitrogens is 1. The second-order valence-electron chi connectivity index (χ2n) is 7.52. The Morgan fingerprint density at radius 3 is 2.58 bits per heavy atom. The molecule has 0 amide bonds. The van der Waals surface area contributed by atoms with Gasteiger partial charge in [0.25, 0.3) is 0 Å². The van der Waals surface area contributed by atoms with E-state index < -0.39 is 0 Å². The number of rotatable bonds is 7. The normalized spacial score (nSPS) is 17.8. The van der Waals surface area contributed by atoms with Crippen LogP contribution in [0.3, 0.4) is 0 Å². The maximum absolute atomic E-state index is 5.36. The zero-order valence-electron chi connectivity index (χ0n) is 16.9. The smallest absolute Gasteiger partial charge is 0.191 e. The molecular formula is C19H36IN5O. The molecule has 1 fully saturated rings. The summed E-state index contributed by atoms with van der Waals surface area (Å²) in [5.74, 6) is 2.88. The Bertz CT molecular complexity index is 538. The van der Waals surface area contributed by atoms with Crippen molar-refractivity contribution in [3.8, 4) is 0 Å². The Hall–Kier alpha value is -0.830. The average molecular weight is 477 g/mol. The van der Waals surface area contributed by atoms with Crippen molar-refractivity contribution in [3.05, 3.63) is 17.5 Å². The summed E-state index contributed by atoms with van der Waals surface area (Å²) in [6.45, 7) is 15.6. The number of likely N-dealkylation sites (tertiary alicyclic amines) is 1. The largest absolute Gasteiger partial charge is 0.359 e. The number of guanidine groups is 1. The quantitative estimate of drug-likeness (QED) is 0.357. The lowest BCUT2D eigenvalue weighted by molar-refractivity contribution is 0.147. The molecule has 0 aliphatic carbocycles. The third-order valence-corrected chi connectivity index (χ3v) is 4.91. The molecule has 7 heteroatoms. The number of hydrogen-bond acceptors (Lipinski definition) is 4. The maximum Gasteiger partial charge on any atom is 0.191 e. The highest BCUT2D eigenvalue weighted by Crippen LogP contribution is 2.17. The molecule has 0 radical (unpaired) electrons. The molecule has 1 atom stereocenters. The Morgan fingerprint density at radius 1 is 1.31 bits per heavy atom. The highest BCUT2D eigenvalue weighted by Gasteiger charge is 2.20. The van der Waals surface area contributed by atoms with Crippen molar-refractivity contribution >= 4 is 29.9 Å². The Morgan fingerprint density at radius 2 is 2.00 bits per heavy atom. The van der Waals surface area contributed by atoms with Crippen molar-refractivity contribution in [3.63, 3.8) is 0 Å². The summed E-state index contributed by atoms with van der Waals surface area (Å²) in [5, 5.41) is 10.9. The van der Waals surface area contributed by atoms with E-state index in [2.05, 4.69) is 60.3 Å². The lowest BCUT2D eigenvalue weighted by atomic mass is 9.98. The van der Waals surface area contributed by atoms with Gasteiger partial charge in [-0.15, -0.1) is 24.0 Å². The van der Waals surface area contributed by atoms with Crippen molar-refractivity contribution in [1.82, 2.24) is 20.7 Å². The van der Waals surface area contributed by atoms with Crippen molar-refractivity contribution < 1.29 is 4.52 Å². The fourth-order valence-corrected chi connectivity index (χ4v) is 3.02. The van der Waals surface area contributed by atoms with Crippen molar-refractivity contribution in [1.29, 1.82) is 0 Å². The van der Waals surface area contributed by atoms with Gasteiger partial charge in [0.2, 0.25) is 0 Å². The van der Waals surface area contributed by atoms with E-state index in [0.29, 0.717) is 18.5 Å². The molecule has 1 saturated heterocycles. The molecule has 2 rings (SSSR count). The molecule has 0 spiro atoms. The highest BCUT2D eigenvalue weighted by atomic mass is 127. The highest BCUT2D eigenvalue weighted by molar-refractivity contribution is 14.0. The molecule has 1 aliphatic heterocycles. The predicted octanol–water partition coefficient (Wildman–Crippen LogP) is 3.59. The summed E-state index contributed by atoms with van der Waals surface area (Å²) in [6.07, 6.45) is 2.62. The van der Waals surface area contributed by atoms with E-state index in [4.69, 9.17) is 4.52 Å². The van der Waals surface area contributed by atoms with E-state index in [0.717, 1.165) is 36.4 Å². The van der Waals surface area contributed by atoms with E-state index in [1.807, 2.05) is 6.07 Å². The topological polar surface area (TPSA) is 65.7 Å². The summed E-state index contributed by atoms with van der Waals surface area (Å²) in [6, 6.07) is 2.50. The van der Waals surface area contributed by atoms with Gasteiger partial charge in [0.05, 0.1) is 5.69 Å². The molecule has 0 aromatic carbocycles. The van der Waals surface area contributed by atoms with Gasteiger partial charge in [0, 0.05) is 25.2 Å². The molecule has 0 bridgehead atoms. The number of piperidine rings is 1. The van der Waals surface area contributed by atoms with Crippen LogP contribution in [0.4, 0.5) is 0 Å². The van der Waals surface area contributed by atoms with Crippen LogP contribution < -0.4 is 10.6 Å². The standard InChI is InChI=1S/C19H35N5O.HI/c1-6-20-19(22-13-17-11-18(14(2)3)23-25-17)21-12-16(5)24-9-7-15(4)8-10-24;/h11,14-16H,6-10,12-13H2,1-5H3,(H2,20,21,22);1H. The second kappa shape index (κ2) is 11.8. The van der Waals surface area contributed by atoms with Crippen LogP contribution in [0.5, 0.6) is 0 Å². The van der Waals surface area contributed by atoms with Crippen LogP contribution in [0.15, 0.2) is 15.6 Å². The number of nitrogens with zero attached hydrogens (tertiary/aromatic N) is 3. The van der Waals surface area contributed by atoms with Crippen LogP contribution in [0.1, 0.15) is 64.8 Å². The molecule has 2 heterocycles. The van der Waals surface area contributed by atoms with Crippen LogP contribution in [0, 0.1) is 5.92 Å². The Kier molecular flexibility index (Phi) is 10.5. The van der Waals surface area contributed by atoms with Gasteiger partial charge in [0.1, 0.15) is 6.54 Å².